The first-order chi connectivity index (χ1) is 15.3. The van der Waals surface area contributed by atoms with Crippen molar-refractivity contribution in [3.05, 3.63) is 29.8 Å². The summed E-state index contributed by atoms with van der Waals surface area (Å²) in [5.74, 6) is 1.86. The minimum Gasteiger partial charge on any atom is -0.496 e. The molecule has 2 aliphatic heterocycles. The third-order valence-electron chi connectivity index (χ3n) is 6.14. The Morgan fingerprint density at radius 3 is 2.56 bits per heavy atom. The van der Waals surface area contributed by atoms with E-state index in [-0.39, 0.29) is 30.0 Å². The second-order valence-corrected chi connectivity index (χ2v) is 8.31. The molecule has 0 spiro atoms. The molecule has 0 aliphatic carbocycles. The van der Waals surface area contributed by atoms with Crippen molar-refractivity contribution in [1.82, 2.24) is 20.4 Å². The molecule has 0 radical (unpaired) electrons. The van der Waals surface area contributed by atoms with Gasteiger partial charge in [0, 0.05) is 31.7 Å². The van der Waals surface area contributed by atoms with Crippen molar-refractivity contribution in [1.29, 1.82) is 0 Å². The third-order valence-corrected chi connectivity index (χ3v) is 6.14. The topological polar surface area (TPSA) is 61.4 Å². The van der Waals surface area contributed by atoms with Gasteiger partial charge in [0.2, 0.25) is 0 Å². The van der Waals surface area contributed by atoms with E-state index in [1.54, 1.807) is 7.11 Å². The predicted octanol–water partition coefficient (Wildman–Crippen LogP) is 3.12. The number of methoxy groups -OCH3 is 1. The van der Waals surface area contributed by atoms with Gasteiger partial charge in [-0.1, -0.05) is 24.6 Å². The number of nitrogens with one attached hydrogen (secondary N) is 2. The van der Waals surface area contributed by atoms with Gasteiger partial charge in [0.15, 0.2) is 5.96 Å². The van der Waals surface area contributed by atoms with Crippen LogP contribution in [0.5, 0.6) is 5.75 Å². The number of morpholine rings is 1. The summed E-state index contributed by atoms with van der Waals surface area (Å²) in [5, 5.41) is 6.94. The van der Waals surface area contributed by atoms with E-state index in [1.165, 1.54) is 24.8 Å². The summed E-state index contributed by atoms with van der Waals surface area (Å²) in [6.45, 7) is 11.8. The zero-order valence-corrected chi connectivity index (χ0v) is 22.2. The molecule has 1 unspecified atom stereocenters. The number of halogens is 1. The van der Waals surface area contributed by atoms with Gasteiger partial charge in [0.25, 0.3) is 0 Å². The maximum Gasteiger partial charge on any atom is 0.191 e. The summed E-state index contributed by atoms with van der Waals surface area (Å²) in [5.41, 5.74) is 1.24. The largest absolute Gasteiger partial charge is 0.496 e. The lowest BCUT2D eigenvalue weighted by Gasteiger charge is -2.34. The number of para-hydroxylation sites is 1. The summed E-state index contributed by atoms with van der Waals surface area (Å²) in [6.07, 6.45) is 4.95. The van der Waals surface area contributed by atoms with Crippen LogP contribution in [-0.2, 0) is 4.74 Å². The molecule has 2 aliphatic rings. The molecule has 3 rings (SSSR count). The van der Waals surface area contributed by atoms with E-state index in [0.717, 1.165) is 83.7 Å². The number of benzene rings is 1. The fourth-order valence-electron chi connectivity index (χ4n) is 4.44. The highest BCUT2D eigenvalue weighted by Gasteiger charge is 2.24. The van der Waals surface area contributed by atoms with Crippen LogP contribution in [0, 0.1) is 0 Å². The van der Waals surface area contributed by atoms with Gasteiger partial charge in [-0.25, -0.2) is 0 Å². The Bertz CT molecular complexity index is 664. The van der Waals surface area contributed by atoms with Crippen molar-refractivity contribution in [2.24, 2.45) is 4.99 Å². The fourth-order valence-corrected chi connectivity index (χ4v) is 4.44. The van der Waals surface area contributed by atoms with Gasteiger partial charge in [-0.2, -0.15) is 0 Å². The number of hydrogen-bond acceptors (Lipinski definition) is 5. The molecule has 182 valence electrons. The van der Waals surface area contributed by atoms with Crippen LogP contribution in [-0.4, -0.2) is 88.4 Å². The van der Waals surface area contributed by atoms with Crippen LogP contribution in [0.1, 0.15) is 44.2 Å². The van der Waals surface area contributed by atoms with Crippen molar-refractivity contribution in [3.63, 3.8) is 0 Å². The van der Waals surface area contributed by atoms with E-state index in [2.05, 4.69) is 45.6 Å². The molecule has 1 aromatic rings. The Balaban J connectivity index is 0.00000363. The highest BCUT2D eigenvalue weighted by molar-refractivity contribution is 14.0. The van der Waals surface area contributed by atoms with Crippen molar-refractivity contribution >= 4 is 29.9 Å². The van der Waals surface area contributed by atoms with Crippen molar-refractivity contribution in [3.8, 4) is 5.75 Å². The minimum absolute atomic E-state index is 0. The molecule has 2 heterocycles. The van der Waals surface area contributed by atoms with Crippen LogP contribution in [0.4, 0.5) is 0 Å². The first-order valence-corrected chi connectivity index (χ1v) is 12.0. The highest BCUT2D eigenvalue weighted by Crippen LogP contribution is 2.31. The van der Waals surface area contributed by atoms with Crippen LogP contribution in [0.15, 0.2) is 29.3 Å². The monoisotopic (exact) mass is 559 g/mol. The second kappa shape index (κ2) is 15.7. The fraction of sp³-hybridized carbons (Fsp3) is 0.708. The molecule has 7 nitrogen and oxygen atoms in total. The first kappa shape index (κ1) is 27.1. The summed E-state index contributed by atoms with van der Waals surface area (Å²) in [4.78, 5) is 10.0. The lowest BCUT2D eigenvalue weighted by Crippen LogP contribution is -2.41. The number of ether oxygens (including phenoxy) is 2. The Kier molecular flexibility index (Phi) is 13.3. The number of likely N-dealkylation sites (tertiary alicyclic amines) is 1. The van der Waals surface area contributed by atoms with Gasteiger partial charge in [-0.05, 0) is 51.9 Å². The normalized spacial score (nSPS) is 19.1. The van der Waals surface area contributed by atoms with Gasteiger partial charge >= 0.3 is 0 Å². The van der Waals surface area contributed by atoms with Gasteiger partial charge < -0.3 is 20.1 Å². The maximum absolute atomic E-state index is 5.69. The molecule has 0 amide bonds. The van der Waals surface area contributed by atoms with Crippen LogP contribution in [0.2, 0.25) is 0 Å². The molecule has 2 N–H and O–H groups in total. The SMILES string of the molecule is CCNC(=NCC(c1ccccc1OC)N1CCCCC1)NCCCN1CCOCC1.I. The lowest BCUT2D eigenvalue weighted by atomic mass is 10.0. The Hall–Kier alpha value is -1.10. The molecule has 32 heavy (non-hydrogen) atoms. The van der Waals surface area contributed by atoms with Gasteiger partial charge in [-0.3, -0.25) is 14.8 Å². The zero-order chi connectivity index (χ0) is 21.7. The van der Waals surface area contributed by atoms with Crippen LogP contribution < -0.4 is 15.4 Å². The smallest absolute Gasteiger partial charge is 0.191 e. The highest BCUT2D eigenvalue weighted by atomic mass is 127. The summed E-state index contributed by atoms with van der Waals surface area (Å²) in [6, 6.07) is 8.63. The lowest BCUT2D eigenvalue weighted by molar-refractivity contribution is 0.0376. The number of rotatable bonds is 10. The molecular formula is C24H42IN5O2. The number of nitrogens with zero attached hydrogens (tertiary/aromatic N) is 3. The molecule has 0 saturated carbocycles. The predicted molar refractivity (Wildman–Crippen MR) is 142 cm³/mol. The molecule has 0 bridgehead atoms. The quantitative estimate of drug-likeness (QED) is 0.199. The van der Waals surface area contributed by atoms with Gasteiger partial charge in [0.05, 0.1) is 32.9 Å². The average Bonchev–Trinajstić information content (AvgIpc) is 2.83. The number of piperidine rings is 1. The van der Waals surface area contributed by atoms with E-state index in [9.17, 15) is 0 Å². The summed E-state index contributed by atoms with van der Waals surface area (Å²) >= 11 is 0. The zero-order valence-electron chi connectivity index (χ0n) is 19.9. The molecule has 2 fully saturated rings. The van der Waals surface area contributed by atoms with Crippen molar-refractivity contribution in [2.75, 3.05) is 72.7 Å². The minimum atomic E-state index is 0. The van der Waals surface area contributed by atoms with Crippen LogP contribution in [0.3, 0.4) is 0 Å². The van der Waals surface area contributed by atoms with Gasteiger partial charge in [-0.15, -0.1) is 24.0 Å². The summed E-state index contributed by atoms with van der Waals surface area (Å²) < 4.78 is 11.1. The standard InChI is InChI=1S/C24H41N5O2.HI/c1-3-25-24(26-12-9-13-28-16-18-31-19-17-28)27-20-22(29-14-7-4-8-15-29)21-10-5-6-11-23(21)30-2;/h5-6,10-11,22H,3-4,7-9,12-20H2,1-2H3,(H2,25,26,27);1H. The number of hydrogen-bond donors (Lipinski definition) is 2. The summed E-state index contributed by atoms with van der Waals surface area (Å²) in [7, 11) is 1.76. The Labute approximate surface area is 211 Å². The average molecular weight is 560 g/mol. The van der Waals surface area contributed by atoms with E-state index in [4.69, 9.17) is 14.5 Å². The first-order valence-electron chi connectivity index (χ1n) is 12.0. The van der Waals surface area contributed by atoms with Crippen molar-refractivity contribution in [2.45, 2.75) is 38.6 Å². The number of aliphatic imine (C=N–C) groups is 1. The Morgan fingerprint density at radius 1 is 1.09 bits per heavy atom. The van der Waals surface area contributed by atoms with Crippen LogP contribution in [0.25, 0.3) is 0 Å². The van der Waals surface area contributed by atoms with E-state index in [1.807, 2.05) is 6.07 Å². The molecule has 1 aromatic carbocycles. The van der Waals surface area contributed by atoms with E-state index in [0.29, 0.717) is 0 Å². The number of guanidine groups is 1. The second-order valence-electron chi connectivity index (χ2n) is 8.31. The van der Waals surface area contributed by atoms with Crippen molar-refractivity contribution < 1.29 is 9.47 Å². The van der Waals surface area contributed by atoms with E-state index < -0.39 is 0 Å². The molecule has 1 atom stereocenters. The molecule has 8 heteroatoms. The molecule has 2 saturated heterocycles. The molecular weight excluding hydrogens is 517 g/mol. The molecule has 0 aromatic heterocycles. The van der Waals surface area contributed by atoms with Gasteiger partial charge in [0.1, 0.15) is 5.75 Å². The maximum atomic E-state index is 5.69. The third kappa shape index (κ3) is 8.68. The van der Waals surface area contributed by atoms with E-state index >= 15 is 0 Å². The Morgan fingerprint density at radius 2 is 1.84 bits per heavy atom. The van der Waals surface area contributed by atoms with Crippen LogP contribution >= 0.6 is 24.0 Å².